The fourth-order valence-electron chi connectivity index (χ4n) is 3.05. The molecule has 3 rings (SSSR count). The van der Waals surface area contributed by atoms with Crippen LogP contribution >= 0.6 is 0 Å². The van der Waals surface area contributed by atoms with Crippen LogP contribution in [0.15, 0.2) is 41.4 Å². The molecule has 27 heavy (non-hydrogen) atoms. The van der Waals surface area contributed by atoms with Crippen LogP contribution in [0.3, 0.4) is 0 Å². The number of carbonyl (C=O) groups is 1. The molecule has 0 saturated carbocycles. The fraction of sp³-hybridized carbons (Fsp3) is 0.368. The van der Waals surface area contributed by atoms with Crippen LogP contribution in [0.4, 0.5) is 0 Å². The second kappa shape index (κ2) is 7.66. The Morgan fingerprint density at radius 2 is 2.00 bits per heavy atom. The first kappa shape index (κ1) is 19.3. The molecule has 1 atom stereocenters. The van der Waals surface area contributed by atoms with Gasteiger partial charge in [0, 0.05) is 18.8 Å². The predicted molar refractivity (Wildman–Crippen MR) is 101 cm³/mol. The molecule has 1 aliphatic rings. The van der Waals surface area contributed by atoms with Gasteiger partial charge in [0.1, 0.15) is 17.5 Å². The van der Waals surface area contributed by atoms with E-state index < -0.39 is 15.9 Å². The van der Waals surface area contributed by atoms with Crippen LogP contribution in [-0.2, 0) is 10.0 Å². The first-order valence-corrected chi connectivity index (χ1v) is 10.2. The third-order valence-corrected chi connectivity index (χ3v) is 6.60. The highest BCUT2D eigenvalue weighted by Gasteiger charge is 2.31. The zero-order valence-corrected chi connectivity index (χ0v) is 16.2. The number of rotatable bonds is 5. The Bertz CT molecular complexity index is 959. The van der Waals surface area contributed by atoms with Crippen molar-refractivity contribution in [3.63, 3.8) is 0 Å². The zero-order chi connectivity index (χ0) is 19.6. The van der Waals surface area contributed by atoms with Crippen LogP contribution in [0.25, 0.3) is 0 Å². The lowest BCUT2D eigenvalue weighted by molar-refractivity contribution is 0.0993. The smallest absolute Gasteiger partial charge is 0.267 e. The lowest BCUT2D eigenvalue weighted by Gasteiger charge is -2.32. The van der Waals surface area contributed by atoms with Crippen molar-refractivity contribution in [1.82, 2.24) is 9.29 Å². The number of nitrogens with zero attached hydrogens (tertiary/aromatic N) is 2. The monoisotopic (exact) mass is 389 g/mol. The van der Waals surface area contributed by atoms with Gasteiger partial charge >= 0.3 is 0 Å². The summed E-state index contributed by atoms with van der Waals surface area (Å²) in [5.74, 6) is -0.183. The molecule has 0 aliphatic carbocycles. The Morgan fingerprint density at radius 1 is 1.22 bits per heavy atom. The van der Waals surface area contributed by atoms with Gasteiger partial charge in [0.25, 0.3) is 5.91 Å². The zero-order valence-electron chi connectivity index (χ0n) is 15.4. The molecular formula is C19H23N3O4S. The summed E-state index contributed by atoms with van der Waals surface area (Å²) in [5.41, 5.74) is 7.35. The summed E-state index contributed by atoms with van der Waals surface area (Å²) in [6, 6.07) is 8.27. The molecule has 1 saturated heterocycles. The van der Waals surface area contributed by atoms with E-state index in [1.165, 1.54) is 16.6 Å². The molecule has 0 radical (unpaired) electrons. The maximum atomic E-state index is 13.0. The summed E-state index contributed by atoms with van der Waals surface area (Å²) in [5, 5.41) is 0. The van der Waals surface area contributed by atoms with E-state index in [0.717, 1.165) is 17.5 Å². The number of ether oxygens (including phenoxy) is 1. The quantitative estimate of drug-likeness (QED) is 0.843. The minimum Gasteiger partial charge on any atom is -0.489 e. The number of benzene rings is 1. The van der Waals surface area contributed by atoms with E-state index in [1.54, 1.807) is 18.2 Å². The molecule has 2 aromatic rings. The summed E-state index contributed by atoms with van der Waals surface area (Å²) in [6.07, 6.45) is 2.57. The Hall–Kier alpha value is -2.45. The standard InChI is InChI=1S/C19H23N3O4S/c1-13-5-6-17(10-14(13)2)27(24,25)22-9-3-4-16(12-22)26-15-7-8-21-18(11-15)19(20)23/h5-8,10-11,16H,3-4,9,12H2,1-2H3,(H2,20,23). The highest BCUT2D eigenvalue weighted by atomic mass is 32.2. The number of hydrogen-bond donors (Lipinski definition) is 1. The fourth-order valence-corrected chi connectivity index (χ4v) is 4.65. The Balaban J connectivity index is 1.76. The molecule has 1 aromatic carbocycles. The summed E-state index contributed by atoms with van der Waals surface area (Å²) in [4.78, 5) is 15.4. The third kappa shape index (κ3) is 4.28. The first-order chi connectivity index (χ1) is 12.8. The number of pyridine rings is 1. The number of aromatic nitrogens is 1. The molecule has 1 fully saturated rings. The van der Waals surface area contributed by atoms with Gasteiger partial charge < -0.3 is 10.5 Å². The van der Waals surface area contributed by atoms with Gasteiger partial charge in [-0.3, -0.25) is 9.78 Å². The van der Waals surface area contributed by atoms with Crippen LogP contribution in [0.5, 0.6) is 5.75 Å². The molecule has 1 aliphatic heterocycles. The summed E-state index contributed by atoms with van der Waals surface area (Å²) in [6.45, 7) is 4.56. The van der Waals surface area contributed by atoms with Crippen molar-refractivity contribution < 1.29 is 17.9 Å². The van der Waals surface area contributed by atoms with E-state index in [-0.39, 0.29) is 18.3 Å². The van der Waals surface area contributed by atoms with Gasteiger partial charge in [-0.05, 0) is 56.0 Å². The summed E-state index contributed by atoms with van der Waals surface area (Å²) < 4.78 is 33.3. The van der Waals surface area contributed by atoms with Crippen molar-refractivity contribution in [3.05, 3.63) is 53.3 Å². The average molecular weight is 389 g/mol. The normalized spacial score (nSPS) is 18.2. The molecule has 8 heteroatoms. The number of sulfonamides is 1. The minimum atomic E-state index is -3.58. The van der Waals surface area contributed by atoms with Gasteiger partial charge in [-0.25, -0.2) is 8.42 Å². The van der Waals surface area contributed by atoms with Gasteiger partial charge in [0.05, 0.1) is 11.4 Å². The van der Waals surface area contributed by atoms with Crippen molar-refractivity contribution in [2.75, 3.05) is 13.1 Å². The van der Waals surface area contributed by atoms with Gasteiger partial charge in [0.15, 0.2) is 0 Å². The third-order valence-electron chi connectivity index (χ3n) is 4.74. The van der Waals surface area contributed by atoms with Crippen LogP contribution in [0.2, 0.25) is 0 Å². The molecule has 1 unspecified atom stereocenters. The largest absolute Gasteiger partial charge is 0.489 e. The molecule has 2 N–H and O–H groups in total. The van der Waals surface area contributed by atoms with E-state index >= 15 is 0 Å². The van der Waals surface area contributed by atoms with Crippen LogP contribution in [0.1, 0.15) is 34.5 Å². The highest BCUT2D eigenvalue weighted by molar-refractivity contribution is 7.89. The minimum absolute atomic E-state index is 0.114. The molecule has 1 amide bonds. The first-order valence-electron chi connectivity index (χ1n) is 8.77. The van der Waals surface area contributed by atoms with E-state index in [0.29, 0.717) is 23.6 Å². The number of nitrogens with two attached hydrogens (primary N) is 1. The average Bonchev–Trinajstić information content (AvgIpc) is 2.64. The lowest BCUT2D eigenvalue weighted by atomic mass is 10.1. The van der Waals surface area contributed by atoms with E-state index in [1.807, 2.05) is 19.9 Å². The number of piperidine rings is 1. The molecule has 0 spiro atoms. The highest BCUT2D eigenvalue weighted by Crippen LogP contribution is 2.25. The number of aryl methyl sites for hydroxylation is 2. The lowest BCUT2D eigenvalue weighted by Crippen LogP contribution is -2.44. The van der Waals surface area contributed by atoms with Crippen molar-refractivity contribution in [2.45, 2.75) is 37.7 Å². The SMILES string of the molecule is Cc1ccc(S(=O)(=O)N2CCCC(Oc3ccnc(C(N)=O)c3)C2)cc1C. The van der Waals surface area contributed by atoms with Crippen LogP contribution < -0.4 is 10.5 Å². The van der Waals surface area contributed by atoms with Crippen molar-refractivity contribution >= 4 is 15.9 Å². The number of hydrogen-bond acceptors (Lipinski definition) is 5. The van der Waals surface area contributed by atoms with Gasteiger partial charge in [-0.2, -0.15) is 4.31 Å². The number of amides is 1. The summed E-state index contributed by atoms with van der Waals surface area (Å²) >= 11 is 0. The second-order valence-electron chi connectivity index (χ2n) is 6.73. The second-order valence-corrected chi connectivity index (χ2v) is 8.67. The Kier molecular flexibility index (Phi) is 5.48. The van der Waals surface area contributed by atoms with E-state index in [2.05, 4.69) is 4.98 Å². The molecule has 144 valence electrons. The van der Waals surface area contributed by atoms with Crippen LogP contribution in [0, 0.1) is 13.8 Å². The topological polar surface area (TPSA) is 103 Å². The number of carbonyl (C=O) groups excluding carboxylic acids is 1. The maximum Gasteiger partial charge on any atom is 0.267 e. The van der Waals surface area contributed by atoms with Crippen molar-refractivity contribution in [1.29, 1.82) is 0 Å². The van der Waals surface area contributed by atoms with Gasteiger partial charge in [-0.15, -0.1) is 0 Å². The summed E-state index contributed by atoms with van der Waals surface area (Å²) in [7, 11) is -3.58. The maximum absolute atomic E-state index is 13.0. The van der Waals surface area contributed by atoms with Crippen LogP contribution in [-0.4, -0.2) is 42.8 Å². The van der Waals surface area contributed by atoms with Crippen molar-refractivity contribution in [2.24, 2.45) is 5.73 Å². The molecule has 2 heterocycles. The number of primary amides is 1. The van der Waals surface area contributed by atoms with Crippen molar-refractivity contribution in [3.8, 4) is 5.75 Å². The predicted octanol–water partition coefficient (Wildman–Crippen LogP) is 2.03. The molecule has 7 nitrogen and oxygen atoms in total. The molecule has 0 bridgehead atoms. The Morgan fingerprint density at radius 3 is 2.70 bits per heavy atom. The van der Waals surface area contributed by atoms with E-state index in [9.17, 15) is 13.2 Å². The molecular weight excluding hydrogens is 366 g/mol. The Labute approximate surface area is 159 Å². The molecule has 1 aromatic heterocycles. The van der Waals surface area contributed by atoms with E-state index in [4.69, 9.17) is 10.5 Å². The van der Waals surface area contributed by atoms with Gasteiger partial charge in [0.2, 0.25) is 10.0 Å². The van der Waals surface area contributed by atoms with Gasteiger partial charge in [-0.1, -0.05) is 6.07 Å².